The van der Waals surface area contributed by atoms with Gasteiger partial charge in [0, 0.05) is 16.2 Å². The standard InChI is InChI=1S/C18H20BrFN2O/c1-12(2)18(13-3-7-15(20)8-4-13)21-11-17(23)22-16-9-5-14(19)6-10-16/h3-10,12,18,21H,11H2,1-2H3,(H,22,23)/t18-/m1/s1. The molecule has 1 atom stereocenters. The zero-order valence-electron chi connectivity index (χ0n) is 13.1. The van der Waals surface area contributed by atoms with Gasteiger partial charge in [0.2, 0.25) is 5.91 Å². The molecule has 0 bridgehead atoms. The second kappa shape index (κ2) is 8.22. The molecule has 0 unspecified atom stereocenters. The summed E-state index contributed by atoms with van der Waals surface area (Å²) in [6.07, 6.45) is 0. The first-order valence-corrected chi connectivity index (χ1v) is 8.29. The summed E-state index contributed by atoms with van der Waals surface area (Å²) in [6, 6.07) is 13.8. The van der Waals surface area contributed by atoms with Gasteiger partial charge in [-0.25, -0.2) is 4.39 Å². The molecule has 0 saturated carbocycles. The highest BCUT2D eigenvalue weighted by Gasteiger charge is 2.16. The van der Waals surface area contributed by atoms with Crippen LogP contribution in [0.5, 0.6) is 0 Å². The van der Waals surface area contributed by atoms with Crippen LogP contribution < -0.4 is 10.6 Å². The second-order valence-corrected chi connectivity index (χ2v) is 6.62. The number of rotatable bonds is 6. The Kier molecular flexibility index (Phi) is 6.30. The van der Waals surface area contributed by atoms with Crippen LogP contribution in [0.15, 0.2) is 53.0 Å². The van der Waals surface area contributed by atoms with Crippen molar-refractivity contribution in [3.8, 4) is 0 Å². The molecule has 0 radical (unpaired) electrons. The summed E-state index contributed by atoms with van der Waals surface area (Å²) in [6.45, 7) is 4.32. The van der Waals surface area contributed by atoms with Gasteiger partial charge in [-0.05, 0) is 47.9 Å². The van der Waals surface area contributed by atoms with E-state index >= 15 is 0 Å². The Labute approximate surface area is 144 Å². The summed E-state index contributed by atoms with van der Waals surface area (Å²) in [7, 11) is 0. The summed E-state index contributed by atoms with van der Waals surface area (Å²) in [5.74, 6) is -0.0923. The average Bonchev–Trinajstić information content (AvgIpc) is 2.51. The van der Waals surface area contributed by atoms with Crippen molar-refractivity contribution in [2.24, 2.45) is 5.92 Å². The third-order valence-electron chi connectivity index (χ3n) is 3.51. The molecule has 3 nitrogen and oxygen atoms in total. The zero-order valence-corrected chi connectivity index (χ0v) is 14.7. The maximum Gasteiger partial charge on any atom is 0.238 e. The van der Waals surface area contributed by atoms with Crippen LogP contribution in [-0.2, 0) is 4.79 Å². The molecule has 0 spiro atoms. The third kappa shape index (κ3) is 5.44. The molecular weight excluding hydrogens is 359 g/mol. The molecule has 2 N–H and O–H groups in total. The first-order chi connectivity index (χ1) is 11.0. The number of anilines is 1. The van der Waals surface area contributed by atoms with Crippen molar-refractivity contribution in [1.29, 1.82) is 0 Å². The summed E-state index contributed by atoms with van der Waals surface area (Å²) >= 11 is 3.36. The minimum absolute atomic E-state index is 0.00809. The van der Waals surface area contributed by atoms with Gasteiger partial charge in [0.1, 0.15) is 5.82 Å². The molecule has 0 heterocycles. The van der Waals surface area contributed by atoms with Crippen molar-refractivity contribution in [3.63, 3.8) is 0 Å². The zero-order chi connectivity index (χ0) is 16.8. The second-order valence-electron chi connectivity index (χ2n) is 5.71. The Bertz CT molecular complexity index is 641. The van der Waals surface area contributed by atoms with Crippen LogP contribution in [0.2, 0.25) is 0 Å². The van der Waals surface area contributed by atoms with E-state index in [1.807, 2.05) is 24.3 Å². The Hall–Kier alpha value is -1.72. The quantitative estimate of drug-likeness (QED) is 0.775. The lowest BCUT2D eigenvalue weighted by Gasteiger charge is -2.22. The molecule has 122 valence electrons. The van der Waals surface area contributed by atoms with Crippen molar-refractivity contribution < 1.29 is 9.18 Å². The van der Waals surface area contributed by atoms with Crippen molar-refractivity contribution >= 4 is 27.5 Å². The first-order valence-electron chi connectivity index (χ1n) is 7.50. The third-order valence-corrected chi connectivity index (χ3v) is 4.03. The largest absolute Gasteiger partial charge is 0.325 e. The molecule has 0 aromatic heterocycles. The summed E-state index contributed by atoms with van der Waals surface area (Å²) in [5, 5.41) is 6.08. The van der Waals surface area contributed by atoms with E-state index < -0.39 is 0 Å². The van der Waals surface area contributed by atoms with Gasteiger partial charge in [-0.2, -0.15) is 0 Å². The maximum absolute atomic E-state index is 13.0. The van der Waals surface area contributed by atoms with Gasteiger partial charge in [-0.1, -0.05) is 41.9 Å². The van der Waals surface area contributed by atoms with E-state index in [2.05, 4.69) is 40.4 Å². The molecule has 0 saturated heterocycles. The fraction of sp³-hybridized carbons (Fsp3) is 0.278. The highest BCUT2D eigenvalue weighted by Crippen LogP contribution is 2.21. The lowest BCUT2D eigenvalue weighted by Crippen LogP contribution is -2.33. The Morgan fingerprint density at radius 1 is 1.09 bits per heavy atom. The van der Waals surface area contributed by atoms with Gasteiger partial charge < -0.3 is 10.6 Å². The normalized spacial score (nSPS) is 12.2. The SMILES string of the molecule is CC(C)[C@@H](NCC(=O)Nc1ccc(Br)cc1)c1ccc(F)cc1. The van der Waals surface area contributed by atoms with Crippen LogP contribution in [-0.4, -0.2) is 12.5 Å². The van der Waals surface area contributed by atoms with Crippen LogP contribution in [0.4, 0.5) is 10.1 Å². The van der Waals surface area contributed by atoms with Crippen LogP contribution in [0.3, 0.4) is 0 Å². The highest BCUT2D eigenvalue weighted by molar-refractivity contribution is 9.10. The van der Waals surface area contributed by atoms with Crippen LogP contribution >= 0.6 is 15.9 Å². The Balaban J connectivity index is 1.94. The predicted octanol–water partition coefficient (Wildman–Crippen LogP) is 4.51. The predicted molar refractivity (Wildman–Crippen MR) is 94.8 cm³/mol. The molecule has 0 aliphatic rings. The Morgan fingerprint density at radius 3 is 2.26 bits per heavy atom. The molecule has 23 heavy (non-hydrogen) atoms. The van der Waals surface area contributed by atoms with Crippen molar-refractivity contribution in [3.05, 3.63) is 64.4 Å². The number of halogens is 2. The molecule has 1 amide bonds. The number of hydrogen-bond donors (Lipinski definition) is 2. The van der Waals surface area contributed by atoms with E-state index in [4.69, 9.17) is 0 Å². The van der Waals surface area contributed by atoms with Crippen molar-refractivity contribution in [2.75, 3.05) is 11.9 Å². The fourth-order valence-corrected chi connectivity index (χ4v) is 2.61. The minimum atomic E-state index is -0.260. The molecular formula is C18H20BrFN2O. The highest BCUT2D eigenvalue weighted by atomic mass is 79.9. The molecule has 0 aliphatic heterocycles. The topological polar surface area (TPSA) is 41.1 Å². The number of hydrogen-bond acceptors (Lipinski definition) is 2. The van der Waals surface area contributed by atoms with E-state index in [-0.39, 0.29) is 30.2 Å². The lowest BCUT2D eigenvalue weighted by molar-refractivity contribution is -0.115. The molecule has 2 rings (SSSR count). The van der Waals surface area contributed by atoms with Gasteiger partial charge in [-0.3, -0.25) is 4.79 Å². The lowest BCUT2D eigenvalue weighted by atomic mass is 9.96. The average molecular weight is 379 g/mol. The van der Waals surface area contributed by atoms with Crippen LogP contribution in [0, 0.1) is 11.7 Å². The van der Waals surface area contributed by atoms with Gasteiger partial charge >= 0.3 is 0 Å². The maximum atomic E-state index is 13.0. The summed E-state index contributed by atoms with van der Waals surface area (Å²) < 4.78 is 14.0. The number of amides is 1. The smallest absolute Gasteiger partial charge is 0.238 e. The van der Waals surface area contributed by atoms with Crippen molar-refractivity contribution in [2.45, 2.75) is 19.9 Å². The monoisotopic (exact) mass is 378 g/mol. The first kappa shape index (κ1) is 17.6. The molecule has 2 aromatic carbocycles. The van der Waals surface area contributed by atoms with Crippen LogP contribution in [0.1, 0.15) is 25.5 Å². The van der Waals surface area contributed by atoms with Gasteiger partial charge in [0.15, 0.2) is 0 Å². The molecule has 0 aliphatic carbocycles. The van der Waals surface area contributed by atoms with E-state index in [0.717, 1.165) is 15.7 Å². The minimum Gasteiger partial charge on any atom is -0.325 e. The molecule has 2 aromatic rings. The van der Waals surface area contributed by atoms with E-state index in [1.165, 1.54) is 12.1 Å². The van der Waals surface area contributed by atoms with Gasteiger partial charge in [-0.15, -0.1) is 0 Å². The van der Waals surface area contributed by atoms with E-state index in [0.29, 0.717) is 0 Å². The number of benzene rings is 2. The van der Waals surface area contributed by atoms with E-state index in [9.17, 15) is 9.18 Å². The number of carbonyl (C=O) groups is 1. The molecule has 0 fully saturated rings. The Morgan fingerprint density at radius 2 is 1.70 bits per heavy atom. The summed E-state index contributed by atoms with van der Waals surface area (Å²) in [4.78, 5) is 12.1. The fourth-order valence-electron chi connectivity index (χ4n) is 2.35. The van der Waals surface area contributed by atoms with Gasteiger partial charge in [0.25, 0.3) is 0 Å². The molecule has 5 heteroatoms. The van der Waals surface area contributed by atoms with E-state index in [1.54, 1.807) is 12.1 Å². The number of nitrogens with one attached hydrogen (secondary N) is 2. The number of carbonyl (C=O) groups excluding carboxylic acids is 1. The van der Waals surface area contributed by atoms with Crippen LogP contribution in [0.25, 0.3) is 0 Å². The van der Waals surface area contributed by atoms with Crippen molar-refractivity contribution in [1.82, 2.24) is 5.32 Å². The van der Waals surface area contributed by atoms with Gasteiger partial charge in [0.05, 0.1) is 6.54 Å². The summed E-state index contributed by atoms with van der Waals surface area (Å²) in [5.41, 5.74) is 1.72.